The van der Waals surface area contributed by atoms with Crippen LogP contribution in [0.3, 0.4) is 0 Å². The third-order valence-electron chi connectivity index (χ3n) is 5.72. The van der Waals surface area contributed by atoms with Crippen LogP contribution in [0.15, 0.2) is 30.6 Å². The number of carbonyl (C=O) groups excluding carboxylic acids is 2. The fourth-order valence-electron chi connectivity index (χ4n) is 4.17. The number of nitrogens with zero attached hydrogens (tertiary/aromatic N) is 2. The highest BCUT2D eigenvalue weighted by molar-refractivity contribution is 5.94. The largest absolute Gasteiger partial charge is 0.351 e. The molecule has 0 aliphatic carbocycles. The molecule has 2 amide bonds. The van der Waals surface area contributed by atoms with Crippen LogP contribution in [0.1, 0.15) is 41.0 Å². The predicted molar refractivity (Wildman–Crippen MR) is 101 cm³/mol. The van der Waals surface area contributed by atoms with Gasteiger partial charge in [-0.15, -0.1) is 0 Å². The molecule has 0 bridgehead atoms. The highest BCUT2D eigenvalue weighted by atomic mass is 19.1. The number of piperidine rings is 1. The van der Waals surface area contributed by atoms with Gasteiger partial charge >= 0.3 is 0 Å². The third kappa shape index (κ3) is 3.52. The zero-order valence-electron chi connectivity index (χ0n) is 15.6. The van der Waals surface area contributed by atoms with Gasteiger partial charge in [0.15, 0.2) is 0 Å². The number of carbonyl (C=O) groups is 2. The van der Waals surface area contributed by atoms with Gasteiger partial charge in [-0.25, -0.2) is 9.37 Å². The number of benzene rings is 1. The lowest BCUT2D eigenvalue weighted by Gasteiger charge is -2.44. The van der Waals surface area contributed by atoms with Crippen molar-refractivity contribution in [3.63, 3.8) is 0 Å². The molecule has 0 saturated carbocycles. The maximum Gasteiger partial charge on any atom is 0.254 e. The molecule has 3 heterocycles. The van der Waals surface area contributed by atoms with Crippen molar-refractivity contribution in [1.29, 1.82) is 0 Å². The summed E-state index contributed by atoms with van der Waals surface area (Å²) in [5.74, 6) is -1.06. The van der Waals surface area contributed by atoms with Gasteiger partial charge in [-0.1, -0.05) is 12.1 Å². The van der Waals surface area contributed by atoms with Crippen molar-refractivity contribution >= 4 is 11.8 Å². The van der Waals surface area contributed by atoms with E-state index in [9.17, 15) is 14.0 Å². The minimum absolute atomic E-state index is 0.00162. The van der Waals surface area contributed by atoms with Crippen LogP contribution < -0.4 is 10.6 Å². The first-order valence-electron chi connectivity index (χ1n) is 9.67. The Morgan fingerprint density at radius 1 is 1.25 bits per heavy atom. The van der Waals surface area contributed by atoms with E-state index in [0.717, 1.165) is 31.5 Å². The maximum absolute atomic E-state index is 13.6. The SMILES string of the molecule is O=C(NCCC(=O)N1CCC2(CC1)NCCc1[nH]cnc12)c1ccccc1F. The van der Waals surface area contributed by atoms with E-state index in [-0.39, 0.29) is 30.0 Å². The zero-order valence-corrected chi connectivity index (χ0v) is 15.6. The number of amides is 2. The van der Waals surface area contributed by atoms with Gasteiger partial charge in [-0.05, 0) is 25.0 Å². The van der Waals surface area contributed by atoms with Gasteiger partial charge in [0.1, 0.15) is 5.82 Å². The van der Waals surface area contributed by atoms with Gasteiger partial charge in [-0.3, -0.25) is 9.59 Å². The second-order valence-corrected chi connectivity index (χ2v) is 7.36. The van der Waals surface area contributed by atoms with E-state index in [0.29, 0.717) is 13.1 Å². The summed E-state index contributed by atoms with van der Waals surface area (Å²) < 4.78 is 13.6. The van der Waals surface area contributed by atoms with Gasteiger partial charge in [0, 0.05) is 44.7 Å². The van der Waals surface area contributed by atoms with Crippen LogP contribution >= 0.6 is 0 Å². The molecule has 1 aromatic heterocycles. The van der Waals surface area contributed by atoms with E-state index in [1.165, 1.54) is 23.9 Å². The monoisotopic (exact) mass is 385 g/mol. The number of aromatic amines is 1. The first kappa shape index (κ1) is 18.6. The Bertz CT molecular complexity index is 873. The molecule has 1 fully saturated rings. The number of halogens is 1. The van der Waals surface area contributed by atoms with Gasteiger partial charge in [0.05, 0.1) is 23.1 Å². The lowest BCUT2D eigenvalue weighted by atomic mass is 9.80. The van der Waals surface area contributed by atoms with Crippen LogP contribution in [0.25, 0.3) is 0 Å². The molecule has 7 nitrogen and oxygen atoms in total. The second-order valence-electron chi connectivity index (χ2n) is 7.36. The Labute approximate surface area is 162 Å². The lowest BCUT2D eigenvalue weighted by Crippen LogP contribution is -2.55. The van der Waals surface area contributed by atoms with Crippen LogP contribution in [-0.2, 0) is 16.8 Å². The standard InChI is InChI=1S/C20H24FN5O2/c21-15-4-2-1-3-14(15)19(28)22-9-6-17(27)26-11-7-20(8-12-26)18-16(5-10-25-20)23-13-24-18/h1-4,13,25H,5-12H2,(H,22,28)(H,23,24). The minimum atomic E-state index is -0.564. The molecule has 28 heavy (non-hydrogen) atoms. The number of fused-ring (bicyclic) bond motifs is 2. The molecule has 0 unspecified atom stereocenters. The van der Waals surface area contributed by atoms with E-state index < -0.39 is 11.7 Å². The molecular weight excluding hydrogens is 361 g/mol. The summed E-state index contributed by atoms with van der Waals surface area (Å²) in [7, 11) is 0. The number of imidazole rings is 1. The van der Waals surface area contributed by atoms with Crippen LogP contribution in [0.2, 0.25) is 0 Å². The summed E-state index contributed by atoms with van der Waals surface area (Å²) in [5, 5.41) is 6.23. The molecule has 0 atom stereocenters. The number of hydrogen-bond donors (Lipinski definition) is 3. The summed E-state index contributed by atoms with van der Waals surface area (Å²) in [6.45, 7) is 2.40. The smallest absolute Gasteiger partial charge is 0.254 e. The van der Waals surface area contributed by atoms with Crippen LogP contribution in [0.4, 0.5) is 4.39 Å². The highest BCUT2D eigenvalue weighted by Gasteiger charge is 2.41. The molecule has 8 heteroatoms. The van der Waals surface area contributed by atoms with Gasteiger partial charge in [0.25, 0.3) is 5.91 Å². The first-order valence-corrected chi connectivity index (χ1v) is 9.67. The van der Waals surface area contributed by atoms with E-state index in [1.54, 1.807) is 12.4 Å². The van der Waals surface area contributed by atoms with Gasteiger partial charge in [0.2, 0.25) is 5.91 Å². The molecule has 3 N–H and O–H groups in total. The molecule has 2 aliphatic heterocycles. The van der Waals surface area contributed by atoms with E-state index in [2.05, 4.69) is 20.6 Å². The summed E-state index contributed by atoms with van der Waals surface area (Å²) in [5.41, 5.74) is 2.12. The van der Waals surface area contributed by atoms with E-state index in [4.69, 9.17) is 0 Å². The third-order valence-corrected chi connectivity index (χ3v) is 5.72. The van der Waals surface area contributed by atoms with Crippen molar-refractivity contribution in [3.05, 3.63) is 53.4 Å². The Hall–Kier alpha value is -2.74. The lowest BCUT2D eigenvalue weighted by molar-refractivity contribution is -0.132. The first-order chi connectivity index (χ1) is 13.6. The summed E-state index contributed by atoms with van der Waals surface area (Å²) in [6.07, 6.45) is 4.53. The number of H-pyrrole nitrogens is 1. The van der Waals surface area contributed by atoms with E-state index >= 15 is 0 Å². The number of likely N-dealkylation sites (tertiary alicyclic amines) is 1. The quantitative estimate of drug-likeness (QED) is 0.741. The predicted octanol–water partition coefficient (Wildman–Crippen LogP) is 1.33. The second kappa shape index (κ2) is 7.71. The fraction of sp³-hybridized carbons (Fsp3) is 0.450. The Balaban J connectivity index is 1.27. The van der Waals surface area contributed by atoms with Crippen LogP contribution in [-0.4, -0.2) is 52.9 Å². The van der Waals surface area contributed by atoms with Gasteiger partial charge < -0.3 is 20.5 Å². The molecule has 1 aromatic carbocycles. The number of rotatable bonds is 4. The normalized spacial score (nSPS) is 18.0. The van der Waals surface area contributed by atoms with Crippen LogP contribution in [0, 0.1) is 5.82 Å². The van der Waals surface area contributed by atoms with Crippen molar-refractivity contribution in [2.45, 2.75) is 31.2 Å². The Morgan fingerprint density at radius 2 is 2.04 bits per heavy atom. The molecule has 0 radical (unpaired) electrons. The summed E-state index contributed by atoms with van der Waals surface area (Å²) in [6, 6.07) is 5.81. The minimum Gasteiger partial charge on any atom is -0.351 e. The van der Waals surface area contributed by atoms with Crippen molar-refractivity contribution in [1.82, 2.24) is 25.5 Å². The number of aromatic nitrogens is 2. The molecule has 1 spiro atoms. The highest BCUT2D eigenvalue weighted by Crippen LogP contribution is 2.35. The molecule has 148 valence electrons. The van der Waals surface area contributed by atoms with Crippen molar-refractivity contribution in [2.75, 3.05) is 26.2 Å². The summed E-state index contributed by atoms with van der Waals surface area (Å²) in [4.78, 5) is 34.1. The molecule has 4 rings (SSSR count). The number of hydrogen-bond acceptors (Lipinski definition) is 4. The topological polar surface area (TPSA) is 90.1 Å². The fourth-order valence-corrected chi connectivity index (χ4v) is 4.17. The molecule has 2 aromatic rings. The average molecular weight is 385 g/mol. The van der Waals surface area contributed by atoms with Gasteiger partial charge in [-0.2, -0.15) is 0 Å². The molecule has 1 saturated heterocycles. The van der Waals surface area contributed by atoms with Crippen molar-refractivity contribution < 1.29 is 14.0 Å². The van der Waals surface area contributed by atoms with Crippen molar-refractivity contribution in [3.8, 4) is 0 Å². The Morgan fingerprint density at radius 3 is 2.82 bits per heavy atom. The average Bonchev–Trinajstić information content (AvgIpc) is 3.19. The van der Waals surface area contributed by atoms with Crippen molar-refractivity contribution in [2.24, 2.45) is 0 Å². The van der Waals surface area contributed by atoms with E-state index in [1.807, 2.05) is 4.90 Å². The zero-order chi connectivity index (χ0) is 19.6. The maximum atomic E-state index is 13.6. The molecular formula is C20H24FN5O2. The Kier molecular flexibility index (Phi) is 5.13. The molecule has 2 aliphatic rings. The van der Waals surface area contributed by atoms with Crippen LogP contribution in [0.5, 0.6) is 0 Å². The number of nitrogens with one attached hydrogen (secondary N) is 3. The summed E-state index contributed by atoms with van der Waals surface area (Å²) >= 11 is 0.